The lowest BCUT2D eigenvalue weighted by Crippen LogP contribution is -2.49. The van der Waals surface area contributed by atoms with Crippen LogP contribution in [0.4, 0.5) is 13.2 Å². The van der Waals surface area contributed by atoms with E-state index in [-0.39, 0.29) is 24.7 Å². The van der Waals surface area contributed by atoms with Crippen molar-refractivity contribution in [3.8, 4) is 0 Å². The molecule has 0 N–H and O–H groups in total. The Morgan fingerprint density at radius 3 is 2.53 bits per heavy atom. The van der Waals surface area contributed by atoms with Gasteiger partial charge in [0.1, 0.15) is 6.54 Å². The molecule has 1 aromatic heterocycles. The molecule has 8 heteroatoms. The standard InChI is InChI=1S/C24H25F3N2O2S/c1-16-11-29(12-17(2)31-16)23(30)14-28-13-22(20-8-3-4-9-21(20)28)32-15-18-6-5-7-19(10-18)24(25,26)27/h3-10,13,16-17H,11-12,14-15H2,1-2H3/t16-,17-/m0/s1. The molecule has 0 saturated carbocycles. The van der Waals surface area contributed by atoms with Crippen LogP contribution in [0, 0.1) is 0 Å². The summed E-state index contributed by atoms with van der Waals surface area (Å²) < 4.78 is 46.7. The fourth-order valence-corrected chi connectivity index (χ4v) is 5.12. The zero-order chi connectivity index (χ0) is 22.9. The Hall–Kier alpha value is -2.45. The molecule has 1 fully saturated rings. The molecule has 4 rings (SSSR count). The molecule has 2 heterocycles. The summed E-state index contributed by atoms with van der Waals surface area (Å²) in [5, 5.41) is 0.987. The van der Waals surface area contributed by atoms with E-state index in [1.54, 1.807) is 6.07 Å². The highest BCUT2D eigenvalue weighted by molar-refractivity contribution is 7.98. The van der Waals surface area contributed by atoms with E-state index in [0.717, 1.165) is 21.9 Å². The Bertz CT molecular complexity index is 1100. The fourth-order valence-electron chi connectivity index (χ4n) is 4.08. The number of hydrogen-bond donors (Lipinski definition) is 0. The summed E-state index contributed by atoms with van der Waals surface area (Å²) in [4.78, 5) is 15.7. The van der Waals surface area contributed by atoms with Gasteiger partial charge in [-0.3, -0.25) is 4.79 Å². The van der Waals surface area contributed by atoms with Gasteiger partial charge in [-0.15, -0.1) is 11.8 Å². The summed E-state index contributed by atoms with van der Waals surface area (Å²) in [5.74, 6) is 0.437. The number of thioether (sulfide) groups is 1. The Morgan fingerprint density at radius 2 is 1.81 bits per heavy atom. The van der Waals surface area contributed by atoms with Gasteiger partial charge in [-0.05, 0) is 31.5 Å². The first-order chi connectivity index (χ1) is 15.2. The van der Waals surface area contributed by atoms with Gasteiger partial charge in [0.2, 0.25) is 5.91 Å². The van der Waals surface area contributed by atoms with E-state index in [1.807, 2.05) is 53.8 Å². The minimum atomic E-state index is -4.36. The van der Waals surface area contributed by atoms with E-state index in [1.165, 1.54) is 23.9 Å². The molecule has 4 nitrogen and oxygen atoms in total. The Morgan fingerprint density at radius 1 is 1.09 bits per heavy atom. The maximum absolute atomic E-state index is 13.0. The molecule has 170 valence electrons. The summed E-state index contributed by atoms with van der Waals surface area (Å²) in [7, 11) is 0. The third kappa shape index (κ3) is 5.13. The molecule has 1 aliphatic rings. The van der Waals surface area contributed by atoms with Gasteiger partial charge in [0, 0.05) is 40.8 Å². The largest absolute Gasteiger partial charge is 0.416 e. The summed E-state index contributed by atoms with van der Waals surface area (Å²) >= 11 is 1.47. The Labute approximate surface area is 189 Å². The molecule has 1 aliphatic heterocycles. The molecule has 0 spiro atoms. The number of hydrogen-bond acceptors (Lipinski definition) is 3. The SMILES string of the molecule is C[C@H]1CN(C(=O)Cn2cc(SCc3cccc(C(F)(F)F)c3)c3ccccc32)C[C@H](C)O1. The number of rotatable bonds is 5. The van der Waals surface area contributed by atoms with Crippen LogP contribution in [0.2, 0.25) is 0 Å². The molecule has 1 amide bonds. The minimum Gasteiger partial charge on any atom is -0.372 e. The van der Waals surface area contributed by atoms with Crippen LogP contribution in [-0.4, -0.2) is 40.7 Å². The topological polar surface area (TPSA) is 34.5 Å². The molecule has 32 heavy (non-hydrogen) atoms. The van der Waals surface area contributed by atoms with Crippen LogP contribution in [0.5, 0.6) is 0 Å². The van der Waals surface area contributed by atoms with E-state index in [9.17, 15) is 18.0 Å². The van der Waals surface area contributed by atoms with E-state index in [0.29, 0.717) is 24.4 Å². The van der Waals surface area contributed by atoms with Crippen molar-refractivity contribution in [2.75, 3.05) is 13.1 Å². The van der Waals surface area contributed by atoms with Crippen molar-refractivity contribution in [3.05, 3.63) is 65.9 Å². The van der Waals surface area contributed by atoms with Crippen molar-refractivity contribution in [3.63, 3.8) is 0 Å². The predicted octanol–water partition coefficient (Wildman–Crippen LogP) is 5.59. The second-order valence-corrected chi connectivity index (χ2v) is 9.20. The van der Waals surface area contributed by atoms with Crippen LogP contribution in [0.25, 0.3) is 10.9 Å². The summed E-state index contributed by atoms with van der Waals surface area (Å²) in [5.41, 5.74) is 0.897. The predicted molar refractivity (Wildman–Crippen MR) is 120 cm³/mol. The number of benzene rings is 2. The summed E-state index contributed by atoms with van der Waals surface area (Å²) in [6, 6.07) is 13.2. The Balaban J connectivity index is 1.52. The molecule has 0 aliphatic carbocycles. The lowest BCUT2D eigenvalue weighted by molar-refractivity contribution is -0.143. The van der Waals surface area contributed by atoms with Crippen LogP contribution in [0.3, 0.4) is 0 Å². The van der Waals surface area contributed by atoms with Crippen molar-refractivity contribution in [2.45, 2.75) is 49.4 Å². The molecule has 3 aromatic rings. The smallest absolute Gasteiger partial charge is 0.372 e. The minimum absolute atomic E-state index is 0.00249. The number of carbonyl (C=O) groups excluding carboxylic acids is 1. The summed E-state index contributed by atoms with van der Waals surface area (Å²) in [6.07, 6.45) is -2.43. The summed E-state index contributed by atoms with van der Waals surface area (Å²) in [6.45, 7) is 5.27. The second kappa shape index (κ2) is 9.19. The van der Waals surface area contributed by atoms with Gasteiger partial charge in [0.15, 0.2) is 0 Å². The van der Waals surface area contributed by atoms with Crippen LogP contribution >= 0.6 is 11.8 Å². The highest BCUT2D eigenvalue weighted by Crippen LogP contribution is 2.34. The first-order valence-corrected chi connectivity index (χ1v) is 11.5. The molecule has 1 saturated heterocycles. The molecule has 0 radical (unpaired) electrons. The van der Waals surface area contributed by atoms with Gasteiger partial charge in [0.05, 0.1) is 17.8 Å². The number of morpholine rings is 1. The maximum atomic E-state index is 13.0. The van der Waals surface area contributed by atoms with Gasteiger partial charge in [-0.2, -0.15) is 13.2 Å². The van der Waals surface area contributed by atoms with Crippen molar-refractivity contribution in [1.29, 1.82) is 0 Å². The number of alkyl halides is 3. The lowest BCUT2D eigenvalue weighted by Gasteiger charge is -2.35. The monoisotopic (exact) mass is 462 g/mol. The number of fused-ring (bicyclic) bond motifs is 1. The first-order valence-electron chi connectivity index (χ1n) is 10.5. The highest BCUT2D eigenvalue weighted by atomic mass is 32.2. The van der Waals surface area contributed by atoms with Crippen molar-refractivity contribution in [1.82, 2.24) is 9.47 Å². The van der Waals surface area contributed by atoms with Crippen LogP contribution < -0.4 is 0 Å². The number of para-hydroxylation sites is 1. The molecule has 2 atom stereocenters. The molecular weight excluding hydrogens is 437 g/mol. The maximum Gasteiger partial charge on any atom is 0.416 e. The van der Waals surface area contributed by atoms with Crippen molar-refractivity contribution in [2.24, 2.45) is 0 Å². The number of aromatic nitrogens is 1. The average Bonchev–Trinajstić information content (AvgIpc) is 3.09. The number of nitrogens with zero attached hydrogens (tertiary/aromatic N) is 2. The number of halogens is 3. The highest BCUT2D eigenvalue weighted by Gasteiger charge is 2.30. The zero-order valence-electron chi connectivity index (χ0n) is 17.9. The van der Waals surface area contributed by atoms with Gasteiger partial charge in [-0.1, -0.05) is 36.4 Å². The number of carbonyl (C=O) groups is 1. The third-order valence-electron chi connectivity index (χ3n) is 5.48. The quantitative estimate of drug-likeness (QED) is 0.464. The van der Waals surface area contributed by atoms with Crippen LogP contribution in [0.15, 0.2) is 59.6 Å². The fraction of sp³-hybridized carbons (Fsp3) is 0.375. The molecule has 0 unspecified atom stereocenters. The van der Waals surface area contributed by atoms with E-state index < -0.39 is 11.7 Å². The zero-order valence-corrected chi connectivity index (χ0v) is 18.7. The normalized spacial score (nSPS) is 19.5. The first kappa shape index (κ1) is 22.7. The molecule has 2 aromatic carbocycles. The van der Waals surface area contributed by atoms with Crippen LogP contribution in [0.1, 0.15) is 25.0 Å². The molecule has 0 bridgehead atoms. The average molecular weight is 463 g/mol. The van der Waals surface area contributed by atoms with Gasteiger partial charge >= 0.3 is 6.18 Å². The Kier molecular flexibility index (Phi) is 6.53. The molecular formula is C24H25F3N2O2S. The number of amides is 1. The van der Waals surface area contributed by atoms with Gasteiger partial charge in [0.25, 0.3) is 0 Å². The van der Waals surface area contributed by atoms with E-state index in [2.05, 4.69) is 0 Å². The van der Waals surface area contributed by atoms with E-state index in [4.69, 9.17) is 4.74 Å². The van der Waals surface area contributed by atoms with Gasteiger partial charge < -0.3 is 14.2 Å². The van der Waals surface area contributed by atoms with Crippen LogP contribution in [-0.2, 0) is 28.0 Å². The lowest BCUT2D eigenvalue weighted by atomic mass is 10.1. The number of ether oxygens (including phenoxy) is 1. The van der Waals surface area contributed by atoms with Crippen molar-refractivity contribution >= 4 is 28.6 Å². The van der Waals surface area contributed by atoms with Gasteiger partial charge in [-0.25, -0.2) is 0 Å². The van der Waals surface area contributed by atoms with Crippen molar-refractivity contribution < 1.29 is 22.7 Å². The second-order valence-electron chi connectivity index (χ2n) is 8.18. The van der Waals surface area contributed by atoms with E-state index >= 15 is 0 Å². The third-order valence-corrected chi connectivity index (χ3v) is 6.59.